The SMILES string of the molecule is CC(C)CN(C(=O)COC(=O)CN(C)c1ncccn1)C1CCS(=O)(=O)C1. The molecule has 1 aliphatic heterocycles. The number of carbonyl (C=O) groups is 2. The van der Waals surface area contributed by atoms with Crippen LogP contribution in [0.2, 0.25) is 0 Å². The molecule has 27 heavy (non-hydrogen) atoms. The topological polar surface area (TPSA) is 110 Å². The van der Waals surface area contributed by atoms with Crippen molar-refractivity contribution in [3.05, 3.63) is 18.5 Å². The van der Waals surface area contributed by atoms with E-state index in [9.17, 15) is 18.0 Å². The van der Waals surface area contributed by atoms with Gasteiger partial charge in [0.2, 0.25) is 5.95 Å². The van der Waals surface area contributed by atoms with E-state index < -0.39 is 22.4 Å². The van der Waals surface area contributed by atoms with Gasteiger partial charge in [0.1, 0.15) is 6.54 Å². The Morgan fingerprint density at radius 1 is 1.30 bits per heavy atom. The molecule has 1 saturated heterocycles. The Morgan fingerprint density at radius 2 is 1.96 bits per heavy atom. The van der Waals surface area contributed by atoms with Crippen LogP contribution in [-0.4, -0.2) is 79.5 Å². The molecule has 1 amide bonds. The van der Waals surface area contributed by atoms with Crippen molar-refractivity contribution in [2.75, 3.05) is 43.1 Å². The number of carbonyl (C=O) groups excluding carboxylic acids is 2. The summed E-state index contributed by atoms with van der Waals surface area (Å²) in [7, 11) is -1.46. The maximum absolute atomic E-state index is 12.6. The molecule has 2 heterocycles. The average Bonchev–Trinajstić information content (AvgIpc) is 2.97. The summed E-state index contributed by atoms with van der Waals surface area (Å²) in [5.41, 5.74) is 0. The molecular weight excluding hydrogens is 372 g/mol. The highest BCUT2D eigenvalue weighted by Gasteiger charge is 2.35. The van der Waals surface area contributed by atoms with Gasteiger partial charge in [0.15, 0.2) is 16.4 Å². The predicted molar refractivity (Wildman–Crippen MR) is 99.9 cm³/mol. The van der Waals surface area contributed by atoms with E-state index in [1.54, 1.807) is 25.5 Å². The van der Waals surface area contributed by atoms with Crippen LogP contribution in [0.3, 0.4) is 0 Å². The lowest BCUT2D eigenvalue weighted by Crippen LogP contribution is -2.45. The van der Waals surface area contributed by atoms with E-state index in [0.29, 0.717) is 18.9 Å². The molecule has 1 aromatic rings. The number of rotatable bonds is 8. The molecule has 1 aromatic heterocycles. The number of hydrogen-bond donors (Lipinski definition) is 0. The van der Waals surface area contributed by atoms with Crippen LogP contribution in [0, 0.1) is 5.92 Å². The third-order valence-electron chi connectivity index (χ3n) is 4.15. The molecule has 0 spiro atoms. The van der Waals surface area contributed by atoms with Crippen molar-refractivity contribution in [2.24, 2.45) is 5.92 Å². The van der Waals surface area contributed by atoms with E-state index in [-0.39, 0.29) is 35.9 Å². The average molecular weight is 398 g/mol. The van der Waals surface area contributed by atoms with Crippen LogP contribution in [0.4, 0.5) is 5.95 Å². The molecule has 0 aliphatic carbocycles. The van der Waals surface area contributed by atoms with Crippen LogP contribution in [-0.2, 0) is 24.2 Å². The zero-order valence-corrected chi connectivity index (χ0v) is 16.7. The number of anilines is 1. The van der Waals surface area contributed by atoms with E-state index in [1.165, 1.54) is 9.80 Å². The maximum Gasteiger partial charge on any atom is 0.326 e. The number of hydrogen-bond acceptors (Lipinski definition) is 8. The minimum Gasteiger partial charge on any atom is -0.454 e. The minimum absolute atomic E-state index is 0.0342. The fraction of sp³-hybridized carbons (Fsp3) is 0.647. The highest BCUT2D eigenvalue weighted by atomic mass is 32.2. The van der Waals surface area contributed by atoms with E-state index in [2.05, 4.69) is 9.97 Å². The van der Waals surface area contributed by atoms with Gasteiger partial charge in [-0.05, 0) is 18.4 Å². The lowest BCUT2D eigenvalue weighted by Gasteiger charge is -2.29. The van der Waals surface area contributed by atoms with Crippen LogP contribution in [0.1, 0.15) is 20.3 Å². The van der Waals surface area contributed by atoms with Gasteiger partial charge in [0.25, 0.3) is 5.91 Å². The van der Waals surface area contributed by atoms with Gasteiger partial charge in [0.05, 0.1) is 11.5 Å². The van der Waals surface area contributed by atoms with Gasteiger partial charge in [-0.25, -0.2) is 18.4 Å². The first-order valence-electron chi connectivity index (χ1n) is 8.81. The summed E-state index contributed by atoms with van der Waals surface area (Å²) in [6.45, 7) is 3.81. The standard InChI is InChI=1S/C17H26N4O5S/c1-13(2)9-21(14-5-8-27(24,25)12-14)15(22)11-26-16(23)10-20(3)17-18-6-4-7-19-17/h4,6-7,13-14H,5,8-12H2,1-3H3. The van der Waals surface area contributed by atoms with Crippen LogP contribution >= 0.6 is 0 Å². The Labute approximate surface area is 159 Å². The number of ether oxygens (including phenoxy) is 1. The molecule has 1 atom stereocenters. The van der Waals surface area contributed by atoms with Crippen molar-refractivity contribution in [3.63, 3.8) is 0 Å². The van der Waals surface area contributed by atoms with Crippen molar-refractivity contribution in [1.82, 2.24) is 14.9 Å². The first-order valence-corrected chi connectivity index (χ1v) is 10.6. The number of aromatic nitrogens is 2. The molecule has 150 valence electrons. The molecule has 9 nitrogen and oxygen atoms in total. The molecule has 2 rings (SSSR count). The number of nitrogens with zero attached hydrogens (tertiary/aromatic N) is 4. The minimum atomic E-state index is -3.11. The second-order valence-electron chi connectivity index (χ2n) is 7.06. The van der Waals surface area contributed by atoms with Crippen molar-refractivity contribution in [3.8, 4) is 0 Å². The fourth-order valence-corrected chi connectivity index (χ4v) is 4.62. The Balaban J connectivity index is 1.90. The summed E-state index contributed by atoms with van der Waals surface area (Å²) in [6, 6.07) is 1.31. The molecule has 1 aliphatic rings. The molecule has 0 radical (unpaired) electrons. The highest BCUT2D eigenvalue weighted by molar-refractivity contribution is 7.91. The predicted octanol–water partition coefficient (Wildman–Crippen LogP) is 0.128. The van der Waals surface area contributed by atoms with E-state index in [0.717, 1.165) is 0 Å². The number of esters is 1. The number of amides is 1. The van der Waals surface area contributed by atoms with Crippen molar-refractivity contribution >= 4 is 27.7 Å². The molecule has 10 heteroatoms. The fourth-order valence-electron chi connectivity index (χ4n) is 2.89. The zero-order chi connectivity index (χ0) is 20.0. The van der Waals surface area contributed by atoms with Gasteiger partial charge >= 0.3 is 5.97 Å². The quantitative estimate of drug-likeness (QED) is 0.568. The third kappa shape index (κ3) is 6.46. The molecule has 1 fully saturated rings. The molecule has 0 saturated carbocycles. The smallest absolute Gasteiger partial charge is 0.326 e. The number of likely N-dealkylation sites (N-methyl/N-ethyl adjacent to an activating group) is 1. The first kappa shape index (κ1) is 21.1. The van der Waals surface area contributed by atoms with Crippen LogP contribution in [0.15, 0.2) is 18.5 Å². The Hall–Kier alpha value is -2.23. The summed E-state index contributed by atoms with van der Waals surface area (Å²) in [4.78, 5) is 35.7. The second kappa shape index (κ2) is 9.12. The molecule has 1 unspecified atom stereocenters. The lowest BCUT2D eigenvalue weighted by atomic mass is 10.1. The van der Waals surface area contributed by atoms with Gasteiger partial charge < -0.3 is 14.5 Å². The second-order valence-corrected chi connectivity index (χ2v) is 9.29. The Bertz CT molecular complexity index is 754. The molecular formula is C17H26N4O5S. The van der Waals surface area contributed by atoms with Gasteiger partial charge in [-0.2, -0.15) is 0 Å². The first-order chi connectivity index (χ1) is 12.7. The maximum atomic E-state index is 12.6. The van der Waals surface area contributed by atoms with Gasteiger partial charge in [-0.15, -0.1) is 0 Å². The van der Waals surface area contributed by atoms with Crippen molar-refractivity contribution in [1.29, 1.82) is 0 Å². The Morgan fingerprint density at radius 3 is 2.52 bits per heavy atom. The summed E-state index contributed by atoms with van der Waals surface area (Å²) in [5.74, 6) is -0.360. The summed E-state index contributed by atoms with van der Waals surface area (Å²) < 4.78 is 28.6. The van der Waals surface area contributed by atoms with Gasteiger partial charge in [-0.1, -0.05) is 13.8 Å². The molecule has 0 aromatic carbocycles. The largest absolute Gasteiger partial charge is 0.454 e. The highest BCUT2D eigenvalue weighted by Crippen LogP contribution is 2.19. The van der Waals surface area contributed by atoms with Gasteiger partial charge in [-0.3, -0.25) is 9.59 Å². The molecule has 0 bridgehead atoms. The van der Waals surface area contributed by atoms with Crippen LogP contribution in [0.5, 0.6) is 0 Å². The monoisotopic (exact) mass is 398 g/mol. The van der Waals surface area contributed by atoms with Crippen LogP contribution < -0.4 is 4.90 Å². The third-order valence-corrected chi connectivity index (χ3v) is 5.90. The zero-order valence-electron chi connectivity index (χ0n) is 15.9. The number of sulfone groups is 1. The van der Waals surface area contributed by atoms with E-state index in [4.69, 9.17) is 4.74 Å². The summed E-state index contributed by atoms with van der Waals surface area (Å²) in [5, 5.41) is 0. The summed E-state index contributed by atoms with van der Waals surface area (Å²) >= 11 is 0. The van der Waals surface area contributed by atoms with E-state index >= 15 is 0 Å². The molecule has 0 N–H and O–H groups in total. The normalized spacial score (nSPS) is 18.3. The van der Waals surface area contributed by atoms with Crippen molar-refractivity contribution in [2.45, 2.75) is 26.3 Å². The van der Waals surface area contributed by atoms with Gasteiger partial charge in [0, 0.05) is 32.0 Å². The van der Waals surface area contributed by atoms with Crippen LogP contribution in [0.25, 0.3) is 0 Å². The van der Waals surface area contributed by atoms with E-state index in [1.807, 2.05) is 13.8 Å². The summed E-state index contributed by atoms with van der Waals surface area (Å²) in [6.07, 6.45) is 3.54. The van der Waals surface area contributed by atoms with Crippen molar-refractivity contribution < 1.29 is 22.7 Å². The lowest BCUT2D eigenvalue weighted by molar-refractivity contribution is -0.152. The Kier molecular flexibility index (Phi) is 7.11.